The molecule has 0 bridgehead atoms. The first kappa shape index (κ1) is 17.9. The van der Waals surface area contributed by atoms with Crippen molar-refractivity contribution in [2.45, 2.75) is 25.4 Å². The van der Waals surface area contributed by atoms with Gasteiger partial charge in [0.15, 0.2) is 0 Å². The molecule has 1 atom stereocenters. The smallest absolute Gasteiger partial charge is 0.354 e. The molecule has 1 aliphatic heterocycles. The van der Waals surface area contributed by atoms with E-state index in [9.17, 15) is 9.59 Å². The first-order valence-electron chi connectivity index (χ1n) is 8.47. The number of pyridine rings is 1. The summed E-state index contributed by atoms with van der Waals surface area (Å²) in [7, 11) is 0. The number of nitrogens with one attached hydrogen (secondary N) is 1. The number of aromatic nitrogens is 1. The average molecular weight is 356 g/mol. The van der Waals surface area contributed by atoms with Crippen LogP contribution < -0.4 is 10.1 Å². The standard InChI is InChI=1S/C19H20N2O5/c22-18(13-8-9-20-16(11-13)19(23)24)21-15-6-1-2-7-17(15)26-12-14-5-3-4-10-25-14/h1-2,6-9,11,14H,3-5,10,12H2,(H,21,22)(H,23,24). The van der Waals surface area contributed by atoms with Gasteiger partial charge < -0.3 is 19.9 Å². The van der Waals surface area contributed by atoms with Crippen LogP contribution in [0.3, 0.4) is 0 Å². The molecule has 0 aliphatic carbocycles. The number of carbonyl (C=O) groups is 2. The number of ether oxygens (including phenoxy) is 2. The SMILES string of the molecule is O=C(Nc1ccccc1OCC1CCCCO1)c1ccnc(C(=O)O)c1. The van der Waals surface area contributed by atoms with E-state index in [1.54, 1.807) is 18.2 Å². The molecular weight excluding hydrogens is 336 g/mol. The van der Waals surface area contributed by atoms with Gasteiger partial charge in [-0.15, -0.1) is 0 Å². The van der Waals surface area contributed by atoms with E-state index in [2.05, 4.69) is 10.3 Å². The maximum Gasteiger partial charge on any atom is 0.354 e. The number of carboxylic acid groups (broad SMARTS) is 1. The number of anilines is 1. The van der Waals surface area contributed by atoms with E-state index in [1.807, 2.05) is 6.07 Å². The molecular formula is C19H20N2O5. The number of aromatic carboxylic acids is 1. The topological polar surface area (TPSA) is 97.8 Å². The Kier molecular flexibility index (Phi) is 5.80. The number of hydrogen-bond acceptors (Lipinski definition) is 5. The van der Waals surface area contributed by atoms with Gasteiger partial charge in [-0.2, -0.15) is 0 Å². The fourth-order valence-electron chi connectivity index (χ4n) is 2.70. The molecule has 0 saturated carbocycles. The van der Waals surface area contributed by atoms with Crippen LogP contribution in [-0.2, 0) is 4.74 Å². The zero-order valence-electron chi connectivity index (χ0n) is 14.2. The average Bonchev–Trinajstić information content (AvgIpc) is 2.68. The molecule has 1 unspecified atom stereocenters. The first-order valence-corrected chi connectivity index (χ1v) is 8.47. The highest BCUT2D eigenvalue weighted by molar-refractivity contribution is 6.05. The summed E-state index contributed by atoms with van der Waals surface area (Å²) in [5.74, 6) is -1.07. The van der Waals surface area contributed by atoms with Gasteiger partial charge in [0.25, 0.3) is 5.91 Å². The van der Waals surface area contributed by atoms with Gasteiger partial charge in [0.05, 0.1) is 11.8 Å². The number of benzene rings is 1. The normalized spacial score (nSPS) is 16.7. The second-order valence-corrected chi connectivity index (χ2v) is 5.98. The molecule has 0 spiro atoms. The highest BCUT2D eigenvalue weighted by Gasteiger charge is 2.16. The summed E-state index contributed by atoms with van der Waals surface area (Å²) in [5, 5.41) is 11.7. The van der Waals surface area contributed by atoms with Crippen LogP contribution in [0.25, 0.3) is 0 Å². The summed E-state index contributed by atoms with van der Waals surface area (Å²) in [5.41, 5.74) is 0.543. The zero-order chi connectivity index (χ0) is 18.4. The van der Waals surface area contributed by atoms with E-state index in [-0.39, 0.29) is 17.4 Å². The van der Waals surface area contributed by atoms with Crippen LogP contribution in [0.5, 0.6) is 5.75 Å². The number of rotatable bonds is 6. The van der Waals surface area contributed by atoms with Gasteiger partial charge >= 0.3 is 5.97 Å². The van der Waals surface area contributed by atoms with Crippen molar-refractivity contribution in [3.63, 3.8) is 0 Å². The van der Waals surface area contributed by atoms with Crippen LogP contribution in [0, 0.1) is 0 Å². The minimum atomic E-state index is -1.18. The highest BCUT2D eigenvalue weighted by atomic mass is 16.5. The Bertz CT molecular complexity index is 787. The first-order chi connectivity index (χ1) is 12.6. The number of carboxylic acids is 1. The molecule has 1 fully saturated rings. The molecule has 7 nitrogen and oxygen atoms in total. The fourth-order valence-corrected chi connectivity index (χ4v) is 2.70. The molecule has 1 aromatic carbocycles. The van der Waals surface area contributed by atoms with Crippen molar-refractivity contribution in [1.82, 2.24) is 4.98 Å². The Hall–Kier alpha value is -2.93. The lowest BCUT2D eigenvalue weighted by Crippen LogP contribution is -2.26. The summed E-state index contributed by atoms with van der Waals surface area (Å²) in [6, 6.07) is 9.80. The minimum Gasteiger partial charge on any atom is -0.489 e. The molecule has 2 heterocycles. The predicted octanol–water partition coefficient (Wildman–Crippen LogP) is 2.98. The lowest BCUT2D eigenvalue weighted by atomic mass is 10.1. The Morgan fingerprint density at radius 3 is 2.88 bits per heavy atom. The molecule has 0 radical (unpaired) electrons. The largest absolute Gasteiger partial charge is 0.489 e. The maximum absolute atomic E-state index is 12.4. The molecule has 136 valence electrons. The van der Waals surface area contributed by atoms with Gasteiger partial charge in [-0.1, -0.05) is 12.1 Å². The van der Waals surface area contributed by atoms with E-state index in [1.165, 1.54) is 18.3 Å². The summed E-state index contributed by atoms with van der Waals surface area (Å²) >= 11 is 0. The number of amides is 1. The van der Waals surface area contributed by atoms with E-state index in [0.717, 1.165) is 25.9 Å². The number of carbonyl (C=O) groups excluding carboxylic acids is 1. The third-order valence-electron chi connectivity index (χ3n) is 4.08. The summed E-state index contributed by atoms with van der Waals surface area (Å²) in [4.78, 5) is 27.1. The molecule has 1 aromatic heterocycles. The molecule has 1 saturated heterocycles. The monoisotopic (exact) mass is 356 g/mol. The van der Waals surface area contributed by atoms with Crippen molar-refractivity contribution < 1.29 is 24.2 Å². The molecule has 1 amide bonds. The fraction of sp³-hybridized carbons (Fsp3) is 0.316. The number of para-hydroxylation sites is 2. The third-order valence-corrected chi connectivity index (χ3v) is 4.08. The summed E-state index contributed by atoms with van der Waals surface area (Å²) < 4.78 is 11.5. The Labute approximate surface area is 151 Å². The molecule has 2 aromatic rings. The van der Waals surface area contributed by atoms with Crippen molar-refractivity contribution in [2.75, 3.05) is 18.5 Å². The highest BCUT2D eigenvalue weighted by Crippen LogP contribution is 2.25. The Morgan fingerprint density at radius 2 is 2.12 bits per heavy atom. The van der Waals surface area contributed by atoms with Crippen LogP contribution in [0.4, 0.5) is 5.69 Å². The zero-order valence-corrected chi connectivity index (χ0v) is 14.2. The van der Waals surface area contributed by atoms with Crippen LogP contribution in [0.1, 0.15) is 40.1 Å². The van der Waals surface area contributed by atoms with Crippen LogP contribution in [0.15, 0.2) is 42.6 Å². The van der Waals surface area contributed by atoms with Crippen LogP contribution in [0.2, 0.25) is 0 Å². The van der Waals surface area contributed by atoms with Gasteiger partial charge in [0, 0.05) is 18.4 Å². The molecule has 3 rings (SSSR count). The Balaban J connectivity index is 1.68. The van der Waals surface area contributed by atoms with E-state index >= 15 is 0 Å². The lowest BCUT2D eigenvalue weighted by molar-refractivity contribution is -0.0109. The van der Waals surface area contributed by atoms with Gasteiger partial charge in [0.2, 0.25) is 0 Å². The lowest BCUT2D eigenvalue weighted by Gasteiger charge is -2.23. The van der Waals surface area contributed by atoms with Gasteiger partial charge in [-0.05, 0) is 43.5 Å². The van der Waals surface area contributed by atoms with Gasteiger partial charge in [0.1, 0.15) is 18.1 Å². The number of hydrogen-bond donors (Lipinski definition) is 2. The van der Waals surface area contributed by atoms with Gasteiger partial charge in [-0.3, -0.25) is 4.79 Å². The quantitative estimate of drug-likeness (QED) is 0.826. The number of nitrogens with zero attached hydrogens (tertiary/aromatic N) is 1. The summed E-state index contributed by atoms with van der Waals surface area (Å²) in [6.07, 6.45) is 4.52. The van der Waals surface area contributed by atoms with Crippen molar-refractivity contribution in [1.29, 1.82) is 0 Å². The van der Waals surface area contributed by atoms with Crippen molar-refractivity contribution in [3.05, 3.63) is 53.9 Å². The van der Waals surface area contributed by atoms with Crippen molar-refractivity contribution in [2.24, 2.45) is 0 Å². The van der Waals surface area contributed by atoms with E-state index in [0.29, 0.717) is 18.0 Å². The molecule has 7 heteroatoms. The molecule has 1 aliphatic rings. The third kappa shape index (κ3) is 4.58. The second kappa shape index (κ2) is 8.44. The molecule has 26 heavy (non-hydrogen) atoms. The minimum absolute atomic E-state index is 0.0610. The van der Waals surface area contributed by atoms with Crippen LogP contribution >= 0.6 is 0 Å². The second-order valence-electron chi connectivity index (χ2n) is 5.98. The van der Waals surface area contributed by atoms with E-state index < -0.39 is 11.9 Å². The van der Waals surface area contributed by atoms with Crippen molar-refractivity contribution >= 4 is 17.6 Å². The molecule has 2 N–H and O–H groups in total. The predicted molar refractivity (Wildman–Crippen MR) is 94.7 cm³/mol. The summed E-state index contributed by atoms with van der Waals surface area (Å²) in [6.45, 7) is 1.17. The van der Waals surface area contributed by atoms with Gasteiger partial charge in [-0.25, -0.2) is 9.78 Å². The Morgan fingerprint density at radius 1 is 1.27 bits per heavy atom. The maximum atomic E-state index is 12.4. The van der Waals surface area contributed by atoms with E-state index in [4.69, 9.17) is 14.6 Å². The van der Waals surface area contributed by atoms with Crippen molar-refractivity contribution in [3.8, 4) is 5.75 Å². The van der Waals surface area contributed by atoms with Crippen LogP contribution in [-0.4, -0.2) is 41.3 Å².